The Bertz CT molecular complexity index is 435. The molecule has 1 aromatic carbocycles. The highest BCUT2D eigenvalue weighted by molar-refractivity contribution is 9.10. The van der Waals surface area contributed by atoms with E-state index in [1.165, 1.54) is 12.1 Å². The van der Waals surface area contributed by atoms with E-state index in [1.807, 2.05) is 0 Å². The number of hydrogen-bond donors (Lipinski definition) is 2. The lowest BCUT2D eigenvalue weighted by Crippen LogP contribution is -2.32. The van der Waals surface area contributed by atoms with Crippen LogP contribution in [0.2, 0.25) is 0 Å². The van der Waals surface area contributed by atoms with Crippen molar-refractivity contribution in [1.29, 1.82) is 0 Å². The van der Waals surface area contributed by atoms with Crippen LogP contribution >= 0.6 is 15.9 Å². The quantitative estimate of drug-likeness (QED) is 0.790. The summed E-state index contributed by atoms with van der Waals surface area (Å²) in [5.74, 6) is 0.170. The fraction of sp³-hybridized carbons (Fsp3) is 0.462. The van der Waals surface area contributed by atoms with Crippen molar-refractivity contribution in [3.05, 3.63) is 34.1 Å². The van der Waals surface area contributed by atoms with Gasteiger partial charge in [0.15, 0.2) is 0 Å². The highest BCUT2D eigenvalue weighted by atomic mass is 79.9. The fourth-order valence-electron chi connectivity index (χ4n) is 1.67. The molecule has 0 atom stereocenters. The van der Waals surface area contributed by atoms with Crippen LogP contribution in [0.1, 0.15) is 18.4 Å². The van der Waals surface area contributed by atoms with Gasteiger partial charge in [0, 0.05) is 30.0 Å². The van der Waals surface area contributed by atoms with Gasteiger partial charge < -0.3 is 10.6 Å². The van der Waals surface area contributed by atoms with Crippen LogP contribution in [0.5, 0.6) is 0 Å². The minimum Gasteiger partial charge on any atom is -0.355 e. The van der Waals surface area contributed by atoms with Crippen LogP contribution in [0, 0.1) is 11.7 Å². The van der Waals surface area contributed by atoms with E-state index in [0.717, 1.165) is 22.9 Å². The molecular formula is C13H16BrFN2O. The van der Waals surface area contributed by atoms with Crippen molar-refractivity contribution in [3.63, 3.8) is 0 Å². The number of carbonyl (C=O) groups is 1. The van der Waals surface area contributed by atoms with E-state index in [9.17, 15) is 9.18 Å². The van der Waals surface area contributed by atoms with E-state index in [0.29, 0.717) is 19.6 Å². The maximum absolute atomic E-state index is 13.0. The van der Waals surface area contributed by atoms with Crippen molar-refractivity contribution in [2.75, 3.05) is 13.1 Å². The van der Waals surface area contributed by atoms with E-state index in [-0.39, 0.29) is 17.6 Å². The van der Waals surface area contributed by atoms with E-state index in [1.54, 1.807) is 6.07 Å². The summed E-state index contributed by atoms with van der Waals surface area (Å²) in [4.78, 5) is 11.3. The number of nitrogens with one attached hydrogen (secondary N) is 2. The molecule has 5 heteroatoms. The maximum Gasteiger partial charge on any atom is 0.223 e. The molecule has 1 aliphatic carbocycles. The summed E-state index contributed by atoms with van der Waals surface area (Å²) in [6.07, 6.45) is 2.05. The second-order valence-electron chi connectivity index (χ2n) is 4.48. The Morgan fingerprint density at radius 1 is 1.39 bits per heavy atom. The van der Waals surface area contributed by atoms with Gasteiger partial charge in [0.25, 0.3) is 0 Å². The summed E-state index contributed by atoms with van der Waals surface area (Å²) >= 11 is 3.37. The molecule has 0 bridgehead atoms. The monoisotopic (exact) mass is 314 g/mol. The van der Waals surface area contributed by atoms with Gasteiger partial charge in [-0.3, -0.25) is 4.79 Å². The molecule has 1 saturated carbocycles. The number of hydrogen-bond acceptors (Lipinski definition) is 2. The molecule has 0 heterocycles. The molecule has 0 spiro atoms. The summed E-state index contributed by atoms with van der Waals surface area (Å²) in [6, 6.07) is 4.62. The topological polar surface area (TPSA) is 41.1 Å². The van der Waals surface area contributed by atoms with Gasteiger partial charge in [0.05, 0.1) is 0 Å². The van der Waals surface area contributed by atoms with Gasteiger partial charge >= 0.3 is 0 Å². The highest BCUT2D eigenvalue weighted by Gasteiger charge is 2.28. The minimum absolute atomic E-state index is 0.156. The predicted molar refractivity (Wildman–Crippen MR) is 71.5 cm³/mol. The molecule has 0 radical (unpaired) electrons. The normalized spacial score (nSPS) is 14.6. The van der Waals surface area contributed by atoms with Crippen LogP contribution in [-0.2, 0) is 11.3 Å². The highest BCUT2D eigenvalue weighted by Crippen LogP contribution is 2.28. The summed E-state index contributed by atoms with van der Waals surface area (Å²) in [5, 5.41) is 6.04. The molecule has 98 valence electrons. The smallest absolute Gasteiger partial charge is 0.223 e. The van der Waals surface area contributed by atoms with Crippen molar-refractivity contribution in [2.45, 2.75) is 19.4 Å². The van der Waals surface area contributed by atoms with Crippen LogP contribution in [0.3, 0.4) is 0 Å². The van der Waals surface area contributed by atoms with E-state index >= 15 is 0 Å². The van der Waals surface area contributed by atoms with E-state index in [2.05, 4.69) is 26.6 Å². The first kappa shape index (κ1) is 13.5. The third-order valence-corrected chi connectivity index (χ3v) is 3.65. The maximum atomic E-state index is 13.0. The van der Waals surface area contributed by atoms with Crippen LogP contribution in [-0.4, -0.2) is 19.0 Å². The summed E-state index contributed by atoms with van der Waals surface area (Å²) < 4.78 is 13.9. The van der Waals surface area contributed by atoms with E-state index < -0.39 is 0 Å². The zero-order valence-corrected chi connectivity index (χ0v) is 11.6. The summed E-state index contributed by atoms with van der Waals surface area (Å²) in [7, 11) is 0. The van der Waals surface area contributed by atoms with Gasteiger partial charge in [-0.2, -0.15) is 0 Å². The molecule has 2 N–H and O–H groups in total. The lowest BCUT2D eigenvalue weighted by atomic mass is 10.2. The van der Waals surface area contributed by atoms with Crippen LogP contribution in [0.4, 0.5) is 4.39 Å². The molecule has 1 fully saturated rings. The molecular weight excluding hydrogens is 299 g/mol. The summed E-state index contributed by atoms with van der Waals surface area (Å²) in [5.41, 5.74) is 0.878. The Morgan fingerprint density at radius 2 is 2.17 bits per heavy atom. The number of rotatable bonds is 6. The van der Waals surface area contributed by atoms with Crippen molar-refractivity contribution in [2.24, 2.45) is 5.92 Å². The SMILES string of the molecule is O=C(NCCNCc1cc(F)ccc1Br)C1CC1. The molecule has 2 rings (SSSR count). The Kier molecular flexibility index (Phi) is 4.72. The third kappa shape index (κ3) is 4.07. The van der Waals surface area contributed by atoms with Crippen molar-refractivity contribution < 1.29 is 9.18 Å². The second kappa shape index (κ2) is 6.29. The molecule has 1 aromatic rings. The first-order valence-corrected chi connectivity index (χ1v) is 6.88. The largest absolute Gasteiger partial charge is 0.355 e. The van der Waals surface area contributed by atoms with Crippen molar-refractivity contribution >= 4 is 21.8 Å². The van der Waals surface area contributed by atoms with Crippen LogP contribution in [0.15, 0.2) is 22.7 Å². The zero-order chi connectivity index (χ0) is 13.0. The Hall–Kier alpha value is -0.940. The van der Waals surface area contributed by atoms with Gasteiger partial charge in [-0.05, 0) is 36.6 Å². The average Bonchev–Trinajstić information content (AvgIpc) is 3.17. The standard InChI is InChI=1S/C13H16BrFN2O/c14-12-4-3-11(15)7-10(12)8-16-5-6-17-13(18)9-1-2-9/h3-4,7,9,16H,1-2,5-6,8H2,(H,17,18). The molecule has 3 nitrogen and oxygen atoms in total. The molecule has 1 aliphatic rings. The number of halogens is 2. The van der Waals surface area contributed by atoms with Gasteiger partial charge in [-0.15, -0.1) is 0 Å². The average molecular weight is 315 g/mol. The molecule has 18 heavy (non-hydrogen) atoms. The summed E-state index contributed by atoms with van der Waals surface area (Å²) in [6.45, 7) is 1.88. The number of benzene rings is 1. The molecule has 0 aromatic heterocycles. The van der Waals surface area contributed by atoms with Gasteiger partial charge in [-0.25, -0.2) is 4.39 Å². The zero-order valence-electron chi connectivity index (χ0n) is 10.0. The van der Waals surface area contributed by atoms with Crippen LogP contribution < -0.4 is 10.6 Å². The number of amides is 1. The van der Waals surface area contributed by atoms with Crippen molar-refractivity contribution in [3.8, 4) is 0 Å². The second-order valence-corrected chi connectivity index (χ2v) is 5.33. The lowest BCUT2D eigenvalue weighted by Gasteiger charge is -2.08. The minimum atomic E-state index is -0.239. The van der Waals surface area contributed by atoms with E-state index in [4.69, 9.17) is 0 Å². The molecule has 1 amide bonds. The number of carbonyl (C=O) groups excluding carboxylic acids is 1. The predicted octanol–water partition coefficient (Wildman–Crippen LogP) is 2.20. The van der Waals surface area contributed by atoms with Gasteiger partial charge in [-0.1, -0.05) is 15.9 Å². The fourth-order valence-corrected chi connectivity index (χ4v) is 2.05. The van der Waals surface area contributed by atoms with Crippen LogP contribution in [0.25, 0.3) is 0 Å². The van der Waals surface area contributed by atoms with Crippen molar-refractivity contribution in [1.82, 2.24) is 10.6 Å². The molecule has 0 aliphatic heterocycles. The lowest BCUT2D eigenvalue weighted by molar-refractivity contribution is -0.122. The third-order valence-electron chi connectivity index (χ3n) is 2.87. The Morgan fingerprint density at radius 3 is 2.89 bits per heavy atom. The van der Waals surface area contributed by atoms with Gasteiger partial charge in [0.1, 0.15) is 5.82 Å². The first-order chi connectivity index (χ1) is 8.66. The Balaban J connectivity index is 1.65. The Labute approximate surface area is 114 Å². The molecule has 0 unspecified atom stereocenters. The van der Waals surface area contributed by atoms with Gasteiger partial charge in [0.2, 0.25) is 5.91 Å². The first-order valence-electron chi connectivity index (χ1n) is 6.09. The molecule has 0 saturated heterocycles.